The molecule has 2 heteroatoms. The molecule has 0 bridgehead atoms. The monoisotopic (exact) mass is 364 g/mol. The first-order chi connectivity index (χ1) is 3.91. The summed E-state index contributed by atoms with van der Waals surface area (Å²) in [5.41, 5.74) is 0. The Balaban J connectivity index is -0.000000245. The van der Waals surface area contributed by atoms with Crippen LogP contribution in [0.5, 0.6) is 0 Å². The van der Waals surface area contributed by atoms with E-state index in [1.54, 1.807) is 0 Å². The van der Waals surface area contributed by atoms with Gasteiger partial charge < -0.3 is 12.2 Å². The van der Waals surface area contributed by atoms with Crippen LogP contribution in [0.1, 0.15) is 26.2 Å². The number of carbonyl (C=O) groups excluding carboxylic acids is 1. The minimum Gasteiger partial charge on any atom is -0.542 e. The molecule has 10 heavy (non-hydrogen) atoms. The van der Waals surface area contributed by atoms with E-state index in [1.807, 2.05) is 12.4 Å². The summed E-state index contributed by atoms with van der Waals surface area (Å²) < 4.78 is 0. The average molecular weight is 364 g/mol. The normalized spacial score (nSPS) is 8.10. The molecule has 0 aliphatic heterocycles. The molecule has 0 saturated carbocycles. The van der Waals surface area contributed by atoms with Crippen LogP contribution in [-0.4, -0.2) is 6.29 Å². The minimum absolute atomic E-state index is 0. The van der Waals surface area contributed by atoms with Crippen molar-refractivity contribution in [1.29, 1.82) is 0 Å². The van der Waals surface area contributed by atoms with Crippen molar-refractivity contribution in [3.05, 3.63) is 19.6 Å². The third-order valence-electron chi connectivity index (χ3n) is 0.815. The van der Waals surface area contributed by atoms with E-state index in [9.17, 15) is 4.79 Å². The molecular weight excluding hydrogens is 350 g/mol. The van der Waals surface area contributed by atoms with E-state index in [2.05, 4.69) is 13.0 Å². The van der Waals surface area contributed by atoms with E-state index in [4.69, 9.17) is 0 Å². The molecule has 0 unspecified atom stereocenters. The van der Waals surface area contributed by atoms with Gasteiger partial charge in [0.05, 0.1) is 0 Å². The van der Waals surface area contributed by atoms with Crippen molar-refractivity contribution in [2.45, 2.75) is 26.2 Å². The van der Waals surface area contributed by atoms with Crippen LogP contribution in [0.25, 0.3) is 0 Å². The Morgan fingerprint density at radius 2 is 2.00 bits per heavy atom. The van der Waals surface area contributed by atoms with Crippen LogP contribution in [0.3, 0.4) is 0 Å². The molecule has 1 nitrogen and oxygen atoms in total. The second-order valence-corrected chi connectivity index (χ2v) is 1.56. The summed E-state index contributed by atoms with van der Waals surface area (Å²) in [5.74, 6) is 0. The summed E-state index contributed by atoms with van der Waals surface area (Å²) in [5, 5.41) is 0. The summed E-state index contributed by atoms with van der Waals surface area (Å²) >= 11 is 0. The van der Waals surface area contributed by atoms with Gasteiger partial charge in [0.1, 0.15) is 0 Å². The molecule has 0 fully saturated rings. The first-order valence-corrected chi connectivity index (χ1v) is 2.91. The summed E-state index contributed by atoms with van der Waals surface area (Å²) in [4.78, 5) is 9.61. The molecule has 0 aliphatic carbocycles. The molecule has 0 aromatic rings. The van der Waals surface area contributed by atoms with E-state index < -0.39 is 0 Å². The van der Waals surface area contributed by atoms with Crippen molar-refractivity contribution < 1.29 is 35.9 Å². The van der Waals surface area contributed by atoms with E-state index in [1.165, 1.54) is 0 Å². The standard InChI is InChI=1S/C7H11O.CH3.U/c1-2-3-4-5-6-7-8;;/h3-4H,2,5-6H2,1H3;1H3;/q2*-1;+2/b4-3-;;. The molecule has 0 atom stereocenters. The number of rotatable bonds is 4. The number of hydrogen-bond acceptors (Lipinski definition) is 1. The third-order valence-corrected chi connectivity index (χ3v) is 0.815. The molecule has 0 amide bonds. The Hall–Kier alpha value is 0.462. The molecule has 0 saturated heterocycles. The molecule has 0 aliphatic rings. The molecule has 0 aromatic heterocycles. The molecule has 0 spiro atoms. The Morgan fingerprint density at radius 3 is 2.40 bits per heavy atom. The first kappa shape index (κ1) is 16.8. The second-order valence-electron chi connectivity index (χ2n) is 1.56. The third kappa shape index (κ3) is 15.8. The van der Waals surface area contributed by atoms with Gasteiger partial charge in [-0.05, 0) is 6.42 Å². The van der Waals surface area contributed by atoms with Crippen LogP contribution in [-0.2, 0) is 4.79 Å². The maximum atomic E-state index is 9.61. The Morgan fingerprint density at radius 1 is 1.40 bits per heavy atom. The zero-order chi connectivity index (χ0) is 6.24. The van der Waals surface area contributed by atoms with Gasteiger partial charge in [-0.1, -0.05) is 25.5 Å². The Labute approximate surface area is 87.7 Å². The molecule has 0 aromatic carbocycles. The predicted molar refractivity (Wildman–Crippen MR) is 40.8 cm³/mol. The fourth-order valence-electron chi connectivity index (χ4n) is 0.427. The first-order valence-electron chi connectivity index (χ1n) is 2.91. The van der Waals surface area contributed by atoms with Gasteiger partial charge >= 0.3 is 31.1 Å². The van der Waals surface area contributed by atoms with Crippen molar-refractivity contribution in [3.63, 3.8) is 0 Å². The Bertz CT molecular complexity index is 79.3. The van der Waals surface area contributed by atoms with Crippen molar-refractivity contribution in [1.82, 2.24) is 0 Å². The van der Waals surface area contributed by atoms with Gasteiger partial charge in [-0.3, -0.25) is 6.29 Å². The van der Waals surface area contributed by atoms with E-state index in [0.717, 1.165) is 12.8 Å². The summed E-state index contributed by atoms with van der Waals surface area (Å²) in [6, 6.07) is 0. The zero-order valence-electron chi connectivity index (χ0n) is 6.68. The summed E-state index contributed by atoms with van der Waals surface area (Å²) in [6.45, 7) is 2.07. The number of allylic oxidation sites excluding steroid dienone is 2. The average Bonchev–Trinajstić information content (AvgIpc) is 1.81. The SMILES string of the molecule is CC/C=C\CC[C-]=O.[CH3-].[U+2]. The smallest absolute Gasteiger partial charge is 0.542 e. The topological polar surface area (TPSA) is 17.1 Å². The van der Waals surface area contributed by atoms with Crippen LogP contribution in [0, 0.1) is 38.5 Å². The van der Waals surface area contributed by atoms with Crippen LogP contribution in [0.2, 0.25) is 0 Å². The molecule has 0 N–H and O–H groups in total. The van der Waals surface area contributed by atoms with Gasteiger partial charge in [-0.15, -0.1) is 6.42 Å². The van der Waals surface area contributed by atoms with Gasteiger partial charge in [0.15, 0.2) is 0 Å². The summed E-state index contributed by atoms with van der Waals surface area (Å²) in [6.07, 6.45) is 8.32. The second kappa shape index (κ2) is 16.2. The van der Waals surface area contributed by atoms with Gasteiger partial charge in [-0.2, -0.15) is 0 Å². The quantitative estimate of drug-likeness (QED) is 0.425. The van der Waals surface area contributed by atoms with E-state index in [0.29, 0.717) is 6.42 Å². The molecule has 0 rings (SSSR count). The zero-order valence-corrected chi connectivity index (χ0v) is 10.8. The van der Waals surface area contributed by atoms with Gasteiger partial charge in [0.25, 0.3) is 0 Å². The van der Waals surface area contributed by atoms with Crippen LogP contribution < -0.4 is 0 Å². The number of hydrogen-bond donors (Lipinski definition) is 0. The minimum atomic E-state index is 0. The summed E-state index contributed by atoms with van der Waals surface area (Å²) in [7, 11) is 0. The molecular formula is C8H14OU. The maximum absolute atomic E-state index is 9.61. The fraction of sp³-hybridized carbons (Fsp3) is 0.500. The maximum Gasteiger partial charge on any atom is 2.00 e. The van der Waals surface area contributed by atoms with Crippen molar-refractivity contribution >= 4 is 6.29 Å². The molecule has 56 valence electrons. The van der Waals surface area contributed by atoms with Gasteiger partial charge in [0.2, 0.25) is 0 Å². The van der Waals surface area contributed by atoms with Crippen LogP contribution in [0.4, 0.5) is 0 Å². The van der Waals surface area contributed by atoms with Gasteiger partial charge in [0, 0.05) is 0 Å². The number of unbranched alkanes of at least 4 members (excludes halogenated alkanes) is 1. The van der Waals surface area contributed by atoms with Crippen LogP contribution >= 0.6 is 0 Å². The van der Waals surface area contributed by atoms with E-state index >= 15 is 0 Å². The van der Waals surface area contributed by atoms with Crippen LogP contribution in [0.15, 0.2) is 12.2 Å². The Kier molecular flexibility index (Phi) is 27.3. The fourth-order valence-corrected chi connectivity index (χ4v) is 0.427. The van der Waals surface area contributed by atoms with Crippen molar-refractivity contribution in [2.75, 3.05) is 0 Å². The largest absolute Gasteiger partial charge is 2.00 e. The van der Waals surface area contributed by atoms with Crippen molar-refractivity contribution in [2.24, 2.45) is 0 Å². The van der Waals surface area contributed by atoms with Crippen molar-refractivity contribution in [3.8, 4) is 0 Å². The predicted octanol–water partition coefficient (Wildman–Crippen LogP) is 2.29. The van der Waals surface area contributed by atoms with Gasteiger partial charge in [-0.25, -0.2) is 0 Å². The van der Waals surface area contributed by atoms with E-state index in [-0.39, 0.29) is 38.5 Å². The molecule has 0 radical (unpaired) electrons. The molecule has 0 heterocycles.